The lowest BCUT2D eigenvalue weighted by atomic mass is 9.81. The van der Waals surface area contributed by atoms with Crippen LogP contribution in [-0.2, 0) is 4.84 Å². The predicted octanol–water partition coefficient (Wildman–Crippen LogP) is 1.28. The van der Waals surface area contributed by atoms with Crippen molar-refractivity contribution in [2.45, 2.75) is 33.1 Å². The predicted molar refractivity (Wildman–Crippen MR) is 60.2 cm³/mol. The van der Waals surface area contributed by atoms with Gasteiger partial charge in [-0.1, -0.05) is 13.8 Å². The van der Waals surface area contributed by atoms with Crippen LogP contribution in [0.2, 0.25) is 0 Å². The fourth-order valence-corrected chi connectivity index (χ4v) is 2.94. The van der Waals surface area contributed by atoms with Gasteiger partial charge in [0.05, 0.1) is 0 Å². The van der Waals surface area contributed by atoms with Crippen LogP contribution in [0.25, 0.3) is 0 Å². The highest BCUT2D eigenvalue weighted by molar-refractivity contribution is 5.82. The molecule has 1 aliphatic carbocycles. The van der Waals surface area contributed by atoms with E-state index in [9.17, 15) is 0 Å². The highest BCUT2D eigenvalue weighted by atomic mass is 16.7. The standard InChI is InChI=1S/C11H21N3O/c1-8-3-11(6-12,4-9(8)2)5-10-13-7-15-14-10/h8-9H,3-7,12H2,1-2H3,(H,13,14)/t8-,9-/m1/s1. The van der Waals surface area contributed by atoms with Gasteiger partial charge in [0.15, 0.2) is 6.73 Å². The summed E-state index contributed by atoms with van der Waals surface area (Å²) < 4.78 is 0. The number of aliphatic imine (C=N–C) groups is 1. The highest BCUT2D eigenvalue weighted by Crippen LogP contribution is 2.47. The summed E-state index contributed by atoms with van der Waals surface area (Å²) in [5, 5.41) is 0. The van der Waals surface area contributed by atoms with Crippen LogP contribution >= 0.6 is 0 Å². The third kappa shape index (κ3) is 2.16. The van der Waals surface area contributed by atoms with E-state index in [1.165, 1.54) is 12.8 Å². The molecule has 86 valence electrons. The molecule has 0 saturated heterocycles. The number of nitrogens with one attached hydrogen (secondary N) is 1. The summed E-state index contributed by atoms with van der Waals surface area (Å²) in [4.78, 5) is 9.29. The molecule has 0 radical (unpaired) electrons. The van der Waals surface area contributed by atoms with Crippen molar-refractivity contribution >= 4 is 5.84 Å². The Bertz CT molecular complexity index is 255. The molecule has 2 atom stereocenters. The lowest BCUT2D eigenvalue weighted by Gasteiger charge is -2.27. The molecule has 3 N–H and O–H groups in total. The van der Waals surface area contributed by atoms with Gasteiger partial charge in [-0.25, -0.2) is 4.99 Å². The zero-order valence-corrected chi connectivity index (χ0v) is 9.62. The molecule has 0 aromatic heterocycles. The van der Waals surface area contributed by atoms with Crippen LogP contribution in [0.4, 0.5) is 0 Å². The van der Waals surface area contributed by atoms with Gasteiger partial charge in [0, 0.05) is 6.42 Å². The Hall–Kier alpha value is -0.610. The summed E-state index contributed by atoms with van der Waals surface area (Å²) in [5.74, 6) is 2.52. The summed E-state index contributed by atoms with van der Waals surface area (Å²) >= 11 is 0. The SMILES string of the molecule is C[C@@H]1CC(CN)(CC2=NCON2)C[C@H]1C. The molecule has 2 rings (SSSR count). The fraction of sp³-hybridized carbons (Fsp3) is 0.909. The smallest absolute Gasteiger partial charge is 0.166 e. The number of amidine groups is 1. The van der Waals surface area contributed by atoms with Gasteiger partial charge >= 0.3 is 0 Å². The van der Waals surface area contributed by atoms with E-state index >= 15 is 0 Å². The molecule has 1 saturated carbocycles. The van der Waals surface area contributed by atoms with Gasteiger partial charge in [0.1, 0.15) is 5.84 Å². The van der Waals surface area contributed by atoms with Gasteiger partial charge in [0.25, 0.3) is 0 Å². The van der Waals surface area contributed by atoms with E-state index in [-0.39, 0.29) is 5.41 Å². The number of rotatable bonds is 3. The normalized spacial score (nSPS) is 33.9. The first kappa shape index (κ1) is 10.9. The maximum Gasteiger partial charge on any atom is 0.166 e. The number of nitrogens with two attached hydrogens (primary N) is 1. The average Bonchev–Trinajstić information content (AvgIpc) is 2.78. The summed E-state index contributed by atoms with van der Waals surface area (Å²) in [6.45, 7) is 5.84. The van der Waals surface area contributed by atoms with Gasteiger partial charge in [0.2, 0.25) is 0 Å². The Morgan fingerprint density at radius 2 is 2.13 bits per heavy atom. The highest BCUT2D eigenvalue weighted by Gasteiger charge is 2.41. The van der Waals surface area contributed by atoms with Crippen LogP contribution in [0.5, 0.6) is 0 Å². The Kier molecular flexibility index (Phi) is 2.98. The second kappa shape index (κ2) is 4.10. The first-order valence-corrected chi connectivity index (χ1v) is 5.76. The van der Waals surface area contributed by atoms with E-state index in [2.05, 4.69) is 24.3 Å². The largest absolute Gasteiger partial charge is 0.330 e. The summed E-state index contributed by atoms with van der Waals surface area (Å²) in [6, 6.07) is 0. The lowest BCUT2D eigenvalue weighted by molar-refractivity contribution is 0.112. The molecular formula is C11H21N3O. The fourth-order valence-electron chi connectivity index (χ4n) is 2.94. The van der Waals surface area contributed by atoms with Gasteiger partial charge in [-0.3, -0.25) is 10.3 Å². The number of hydroxylamine groups is 1. The molecule has 0 aromatic carbocycles. The van der Waals surface area contributed by atoms with Gasteiger partial charge in [-0.05, 0) is 36.6 Å². The van der Waals surface area contributed by atoms with Crippen LogP contribution in [0, 0.1) is 17.3 Å². The molecular weight excluding hydrogens is 190 g/mol. The van der Waals surface area contributed by atoms with Gasteiger partial charge in [-0.15, -0.1) is 0 Å². The molecule has 0 unspecified atom stereocenters. The van der Waals surface area contributed by atoms with E-state index in [1.807, 2.05) is 0 Å². The van der Waals surface area contributed by atoms with E-state index < -0.39 is 0 Å². The van der Waals surface area contributed by atoms with Crippen molar-refractivity contribution in [3.8, 4) is 0 Å². The summed E-state index contributed by atoms with van der Waals surface area (Å²) in [7, 11) is 0. The minimum Gasteiger partial charge on any atom is -0.330 e. The molecule has 0 spiro atoms. The van der Waals surface area contributed by atoms with Crippen molar-refractivity contribution < 1.29 is 4.84 Å². The van der Waals surface area contributed by atoms with Crippen molar-refractivity contribution in [3.63, 3.8) is 0 Å². The van der Waals surface area contributed by atoms with Crippen molar-refractivity contribution in [3.05, 3.63) is 0 Å². The van der Waals surface area contributed by atoms with Crippen molar-refractivity contribution in [2.75, 3.05) is 13.3 Å². The summed E-state index contributed by atoms with van der Waals surface area (Å²) in [5.41, 5.74) is 9.06. The molecule has 0 aromatic rings. The van der Waals surface area contributed by atoms with E-state index in [4.69, 9.17) is 10.6 Å². The van der Waals surface area contributed by atoms with E-state index in [0.717, 1.165) is 30.6 Å². The molecule has 1 aliphatic heterocycles. The maximum absolute atomic E-state index is 5.95. The molecule has 2 aliphatic rings. The molecule has 4 heteroatoms. The Morgan fingerprint density at radius 1 is 1.47 bits per heavy atom. The van der Waals surface area contributed by atoms with Gasteiger partial charge in [-0.2, -0.15) is 0 Å². The molecule has 4 nitrogen and oxygen atoms in total. The Labute approximate surface area is 91.2 Å². The molecule has 0 bridgehead atoms. The zero-order valence-electron chi connectivity index (χ0n) is 9.62. The van der Waals surface area contributed by atoms with Crippen molar-refractivity contribution in [1.29, 1.82) is 0 Å². The second-order valence-electron chi connectivity index (χ2n) is 5.22. The minimum absolute atomic E-state index is 0.248. The maximum atomic E-state index is 5.95. The van der Waals surface area contributed by atoms with Crippen LogP contribution in [0.1, 0.15) is 33.1 Å². The van der Waals surface area contributed by atoms with Crippen LogP contribution < -0.4 is 11.2 Å². The number of nitrogens with zero attached hydrogens (tertiary/aromatic N) is 1. The molecule has 0 amide bonds. The first-order chi connectivity index (χ1) is 7.15. The van der Waals surface area contributed by atoms with Crippen molar-refractivity contribution in [1.82, 2.24) is 5.48 Å². The third-order valence-corrected chi connectivity index (χ3v) is 3.97. The van der Waals surface area contributed by atoms with Gasteiger partial charge < -0.3 is 5.73 Å². The minimum atomic E-state index is 0.248. The monoisotopic (exact) mass is 211 g/mol. The quantitative estimate of drug-likeness (QED) is 0.739. The molecule has 1 heterocycles. The first-order valence-electron chi connectivity index (χ1n) is 5.76. The zero-order chi connectivity index (χ0) is 10.9. The van der Waals surface area contributed by atoms with Crippen molar-refractivity contribution in [2.24, 2.45) is 28.0 Å². The van der Waals surface area contributed by atoms with Crippen LogP contribution in [-0.4, -0.2) is 19.1 Å². The topological polar surface area (TPSA) is 59.6 Å². The third-order valence-electron chi connectivity index (χ3n) is 3.97. The molecule has 1 fully saturated rings. The van der Waals surface area contributed by atoms with Crippen LogP contribution in [0.3, 0.4) is 0 Å². The lowest BCUT2D eigenvalue weighted by Crippen LogP contribution is -2.33. The Morgan fingerprint density at radius 3 is 2.60 bits per heavy atom. The summed E-state index contributed by atoms with van der Waals surface area (Å²) in [6.07, 6.45) is 3.37. The Balaban J connectivity index is 2.03. The molecule has 15 heavy (non-hydrogen) atoms. The number of hydrogen-bond donors (Lipinski definition) is 2. The number of hydrogen-bond acceptors (Lipinski definition) is 4. The van der Waals surface area contributed by atoms with E-state index in [0.29, 0.717) is 6.73 Å². The van der Waals surface area contributed by atoms with Crippen LogP contribution in [0.15, 0.2) is 4.99 Å². The van der Waals surface area contributed by atoms with E-state index in [1.54, 1.807) is 0 Å². The average molecular weight is 211 g/mol. The second-order valence-corrected chi connectivity index (χ2v) is 5.22.